The van der Waals surface area contributed by atoms with Crippen LogP contribution in [0.25, 0.3) is 0 Å². The number of benzene rings is 1. The van der Waals surface area contributed by atoms with Crippen LogP contribution in [-0.2, 0) is 6.61 Å². The lowest BCUT2D eigenvalue weighted by Gasteiger charge is -2.13. The van der Waals surface area contributed by atoms with E-state index in [4.69, 9.17) is 14.6 Å². The molecule has 0 fully saturated rings. The third kappa shape index (κ3) is 6.29. The van der Waals surface area contributed by atoms with Crippen LogP contribution in [0.2, 0.25) is 0 Å². The van der Waals surface area contributed by atoms with Crippen molar-refractivity contribution in [3.8, 4) is 11.5 Å². The van der Waals surface area contributed by atoms with Crippen molar-refractivity contribution in [1.29, 1.82) is 0 Å². The number of hydrogen-bond donors (Lipinski definition) is 1. The van der Waals surface area contributed by atoms with Crippen molar-refractivity contribution in [2.24, 2.45) is 0 Å². The van der Waals surface area contributed by atoms with Crippen molar-refractivity contribution >= 4 is 0 Å². The molecule has 0 bridgehead atoms. The van der Waals surface area contributed by atoms with Gasteiger partial charge in [0.25, 0.3) is 0 Å². The maximum atomic E-state index is 9.14. The molecular formula is C17H28O3. The van der Waals surface area contributed by atoms with Gasteiger partial charge in [0, 0.05) is 0 Å². The predicted octanol–water partition coefficient (Wildman–Crippen LogP) is 4.32. The summed E-state index contributed by atoms with van der Waals surface area (Å²) in [5.41, 5.74) is 0.848. The Labute approximate surface area is 122 Å². The summed E-state index contributed by atoms with van der Waals surface area (Å²) in [6.45, 7) is 5.53. The van der Waals surface area contributed by atoms with Gasteiger partial charge in [-0.05, 0) is 31.0 Å². The average Bonchev–Trinajstić information content (AvgIpc) is 2.47. The third-order valence-corrected chi connectivity index (χ3v) is 3.25. The zero-order valence-corrected chi connectivity index (χ0v) is 12.9. The quantitative estimate of drug-likeness (QED) is 0.614. The zero-order chi connectivity index (χ0) is 14.6. The summed E-state index contributed by atoms with van der Waals surface area (Å²) < 4.78 is 11.3. The van der Waals surface area contributed by atoms with Gasteiger partial charge in [0.05, 0.1) is 19.8 Å². The first-order valence-electron chi connectivity index (χ1n) is 7.81. The van der Waals surface area contributed by atoms with Crippen molar-refractivity contribution in [3.63, 3.8) is 0 Å². The zero-order valence-electron chi connectivity index (χ0n) is 12.9. The van der Waals surface area contributed by atoms with Gasteiger partial charge >= 0.3 is 0 Å². The van der Waals surface area contributed by atoms with Crippen LogP contribution < -0.4 is 9.47 Å². The molecule has 0 amide bonds. The molecule has 3 heteroatoms. The van der Waals surface area contributed by atoms with Gasteiger partial charge in [-0.25, -0.2) is 0 Å². The summed E-state index contributed by atoms with van der Waals surface area (Å²) in [6.07, 6.45) is 7.53. The first kappa shape index (κ1) is 16.8. The minimum Gasteiger partial charge on any atom is -0.490 e. The molecule has 0 heterocycles. The van der Waals surface area contributed by atoms with Gasteiger partial charge in [-0.15, -0.1) is 0 Å². The van der Waals surface area contributed by atoms with Crippen molar-refractivity contribution in [3.05, 3.63) is 23.8 Å². The van der Waals surface area contributed by atoms with Crippen LogP contribution in [-0.4, -0.2) is 18.3 Å². The Morgan fingerprint density at radius 2 is 1.65 bits per heavy atom. The summed E-state index contributed by atoms with van der Waals surface area (Å²) in [5, 5.41) is 9.14. The Morgan fingerprint density at radius 3 is 2.35 bits per heavy atom. The molecule has 1 N–H and O–H groups in total. The number of unbranched alkanes of at least 4 members (excludes halogenated alkanes) is 5. The minimum atomic E-state index is 0.0256. The molecule has 0 aromatic heterocycles. The normalized spacial score (nSPS) is 10.6. The summed E-state index contributed by atoms with van der Waals surface area (Å²) in [7, 11) is 0. The minimum absolute atomic E-state index is 0.0256. The molecule has 0 aliphatic carbocycles. The van der Waals surface area contributed by atoms with Gasteiger partial charge in [-0.1, -0.05) is 45.1 Å². The summed E-state index contributed by atoms with van der Waals surface area (Å²) in [4.78, 5) is 0. The van der Waals surface area contributed by atoms with Gasteiger partial charge in [-0.3, -0.25) is 0 Å². The van der Waals surface area contributed by atoms with Crippen LogP contribution in [0.15, 0.2) is 18.2 Å². The number of aliphatic hydroxyl groups excluding tert-OH is 1. The second-order valence-corrected chi connectivity index (χ2v) is 4.99. The largest absolute Gasteiger partial charge is 0.490 e. The lowest BCUT2D eigenvalue weighted by molar-refractivity contribution is 0.264. The highest BCUT2D eigenvalue weighted by molar-refractivity contribution is 5.42. The van der Waals surface area contributed by atoms with E-state index >= 15 is 0 Å². The highest BCUT2D eigenvalue weighted by atomic mass is 16.5. The third-order valence-electron chi connectivity index (χ3n) is 3.25. The van der Waals surface area contributed by atoms with Crippen molar-refractivity contribution in [2.75, 3.05) is 13.2 Å². The summed E-state index contributed by atoms with van der Waals surface area (Å²) >= 11 is 0. The fourth-order valence-electron chi connectivity index (χ4n) is 2.10. The van der Waals surface area contributed by atoms with Crippen LogP contribution in [0.5, 0.6) is 11.5 Å². The Hall–Kier alpha value is -1.22. The molecule has 0 saturated heterocycles. The van der Waals surface area contributed by atoms with Gasteiger partial charge in [0.1, 0.15) is 0 Å². The Morgan fingerprint density at radius 1 is 0.900 bits per heavy atom. The molecule has 0 spiro atoms. The van der Waals surface area contributed by atoms with E-state index in [1.54, 1.807) is 0 Å². The second kappa shape index (κ2) is 10.6. The van der Waals surface area contributed by atoms with Crippen LogP contribution in [0, 0.1) is 0 Å². The van der Waals surface area contributed by atoms with Crippen molar-refractivity contribution < 1.29 is 14.6 Å². The van der Waals surface area contributed by atoms with Gasteiger partial charge in [0.15, 0.2) is 11.5 Å². The first-order valence-corrected chi connectivity index (χ1v) is 7.81. The van der Waals surface area contributed by atoms with E-state index in [0.29, 0.717) is 6.61 Å². The Balaban J connectivity index is 2.35. The fraction of sp³-hybridized carbons (Fsp3) is 0.647. The van der Waals surface area contributed by atoms with Crippen LogP contribution in [0.3, 0.4) is 0 Å². The molecule has 20 heavy (non-hydrogen) atoms. The molecule has 0 saturated carbocycles. The molecule has 114 valence electrons. The van der Waals surface area contributed by atoms with Crippen LogP contribution in [0.1, 0.15) is 57.9 Å². The van der Waals surface area contributed by atoms with E-state index in [2.05, 4.69) is 6.92 Å². The molecule has 0 aliphatic rings. The topological polar surface area (TPSA) is 38.7 Å². The molecular weight excluding hydrogens is 252 g/mol. The maximum absolute atomic E-state index is 9.14. The average molecular weight is 280 g/mol. The SMILES string of the molecule is CCCCCCCCOc1ccc(CO)cc1OCC. The standard InChI is InChI=1S/C17H28O3/c1-3-5-6-7-8-9-12-20-16-11-10-15(14-18)13-17(16)19-4-2/h10-11,13,18H,3-9,12,14H2,1-2H3. The number of ether oxygens (including phenoxy) is 2. The van der Waals surface area contributed by atoms with Crippen molar-refractivity contribution in [2.45, 2.75) is 59.0 Å². The lowest BCUT2D eigenvalue weighted by atomic mass is 10.1. The lowest BCUT2D eigenvalue weighted by Crippen LogP contribution is -2.01. The molecule has 0 aliphatic heterocycles. The van der Waals surface area contributed by atoms with Crippen LogP contribution >= 0.6 is 0 Å². The Kier molecular flexibility index (Phi) is 8.88. The van der Waals surface area contributed by atoms with Crippen LogP contribution in [0.4, 0.5) is 0 Å². The van der Waals surface area contributed by atoms with Gasteiger partial charge < -0.3 is 14.6 Å². The number of aliphatic hydroxyl groups is 1. The van der Waals surface area contributed by atoms with Gasteiger partial charge in [-0.2, -0.15) is 0 Å². The first-order chi connectivity index (χ1) is 9.81. The summed E-state index contributed by atoms with van der Waals surface area (Å²) in [6, 6.07) is 5.60. The second-order valence-electron chi connectivity index (χ2n) is 4.99. The molecule has 1 aromatic carbocycles. The summed E-state index contributed by atoms with van der Waals surface area (Å²) in [5.74, 6) is 1.50. The highest BCUT2D eigenvalue weighted by Crippen LogP contribution is 2.28. The fourth-order valence-corrected chi connectivity index (χ4v) is 2.10. The number of rotatable bonds is 11. The van der Waals surface area contributed by atoms with Crippen molar-refractivity contribution in [1.82, 2.24) is 0 Å². The van der Waals surface area contributed by atoms with Gasteiger partial charge in [0.2, 0.25) is 0 Å². The predicted molar refractivity (Wildman–Crippen MR) is 82.4 cm³/mol. The van der Waals surface area contributed by atoms with E-state index in [9.17, 15) is 0 Å². The van der Waals surface area contributed by atoms with E-state index in [-0.39, 0.29) is 6.61 Å². The monoisotopic (exact) mass is 280 g/mol. The Bertz CT molecular complexity index is 363. The highest BCUT2D eigenvalue weighted by Gasteiger charge is 2.06. The molecule has 3 nitrogen and oxygen atoms in total. The number of hydrogen-bond acceptors (Lipinski definition) is 3. The molecule has 1 rings (SSSR count). The molecule has 1 aromatic rings. The smallest absolute Gasteiger partial charge is 0.161 e. The van der Waals surface area contributed by atoms with E-state index < -0.39 is 0 Å². The van der Waals surface area contributed by atoms with E-state index in [1.165, 1.54) is 32.1 Å². The molecule has 0 atom stereocenters. The van der Waals surface area contributed by atoms with E-state index in [0.717, 1.165) is 30.1 Å². The molecule has 0 radical (unpaired) electrons. The van der Waals surface area contributed by atoms with E-state index in [1.807, 2.05) is 25.1 Å². The maximum Gasteiger partial charge on any atom is 0.161 e. The molecule has 0 unspecified atom stereocenters.